The van der Waals surface area contributed by atoms with Crippen LogP contribution in [0, 0.1) is 0 Å². The van der Waals surface area contributed by atoms with Crippen LogP contribution in [0.1, 0.15) is 18.4 Å². The van der Waals surface area contributed by atoms with E-state index in [9.17, 15) is 70.7 Å². The summed E-state index contributed by atoms with van der Waals surface area (Å²) in [5.41, 5.74) is -0.0366. The number of alkyl halides is 15. The summed E-state index contributed by atoms with van der Waals surface area (Å²) >= 11 is 0. The van der Waals surface area contributed by atoms with Gasteiger partial charge in [0.05, 0.1) is 7.11 Å². The lowest BCUT2D eigenvalue weighted by atomic mass is 9.91. The van der Waals surface area contributed by atoms with E-state index in [1.165, 1.54) is 19.2 Å². The molecule has 0 fully saturated rings. The highest BCUT2D eigenvalue weighted by Crippen LogP contribution is 2.61. The third-order valence-electron chi connectivity index (χ3n) is 4.49. The van der Waals surface area contributed by atoms with Crippen molar-refractivity contribution in [2.45, 2.75) is 54.7 Å². The van der Waals surface area contributed by atoms with Crippen molar-refractivity contribution < 1.29 is 80.1 Å². The average Bonchev–Trinajstić information content (AvgIpc) is 2.75. The third-order valence-corrected chi connectivity index (χ3v) is 4.49. The molecule has 0 atom stereocenters. The number of ether oxygens (including phenoxy) is 2. The van der Waals surface area contributed by atoms with Crippen molar-refractivity contribution in [3.63, 3.8) is 0 Å². The molecular formula is C19H13F15O3. The molecule has 0 aromatic heterocycles. The number of carbonyl (C=O) groups is 1. The van der Waals surface area contributed by atoms with E-state index >= 15 is 0 Å². The maximum atomic E-state index is 13.7. The lowest BCUT2D eigenvalue weighted by molar-refractivity contribution is -0.451. The highest BCUT2D eigenvalue weighted by Gasteiger charge is 2.91. The van der Waals surface area contributed by atoms with E-state index in [1.807, 2.05) is 0 Å². The van der Waals surface area contributed by atoms with Crippen molar-refractivity contribution in [2.24, 2.45) is 0 Å². The first-order chi connectivity index (χ1) is 16.4. The topological polar surface area (TPSA) is 35.5 Å². The Bertz CT molecular complexity index is 966. The van der Waals surface area contributed by atoms with Gasteiger partial charge in [-0.3, -0.25) is 0 Å². The largest absolute Gasteiger partial charge is 0.497 e. The van der Waals surface area contributed by atoms with E-state index in [1.54, 1.807) is 0 Å². The smallest absolute Gasteiger partial charge is 0.473 e. The molecule has 0 N–H and O–H groups in total. The van der Waals surface area contributed by atoms with Gasteiger partial charge >= 0.3 is 47.9 Å². The number of hydrogen-bond acceptors (Lipinski definition) is 3. The van der Waals surface area contributed by atoms with Gasteiger partial charge in [0.2, 0.25) is 0 Å². The Kier molecular flexibility index (Phi) is 8.84. The number of rotatable bonds is 11. The zero-order chi connectivity index (χ0) is 29.3. The molecule has 0 spiro atoms. The molecule has 0 saturated carbocycles. The van der Waals surface area contributed by atoms with Gasteiger partial charge in [-0.1, -0.05) is 12.1 Å². The Morgan fingerprint density at radius 1 is 0.703 bits per heavy atom. The van der Waals surface area contributed by atoms with Crippen molar-refractivity contribution in [3.05, 3.63) is 35.9 Å². The summed E-state index contributed by atoms with van der Waals surface area (Å²) in [6.45, 7) is 0. The summed E-state index contributed by atoms with van der Waals surface area (Å²) in [6, 6.07) is 4.76. The lowest BCUT2D eigenvalue weighted by Gasteiger charge is -2.40. The van der Waals surface area contributed by atoms with Gasteiger partial charge in [0, 0.05) is 18.9 Å². The van der Waals surface area contributed by atoms with Gasteiger partial charge < -0.3 is 9.47 Å². The molecule has 0 aliphatic carbocycles. The van der Waals surface area contributed by atoms with Crippen molar-refractivity contribution in [1.29, 1.82) is 0 Å². The van der Waals surface area contributed by atoms with Gasteiger partial charge in [-0.15, -0.1) is 0 Å². The van der Waals surface area contributed by atoms with Crippen LogP contribution in [-0.2, 0) is 9.53 Å². The molecule has 0 radical (unpaired) electrons. The van der Waals surface area contributed by atoms with E-state index in [0.717, 1.165) is 12.1 Å². The van der Waals surface area contributed by atoms with E-state index in [-0.39, 0.29) is 17.4 Å². The van der Waals surface area contributed by atoms with Crippen LogP contribution in [0.2, 0.25) is 0 Å². The lowest BCUT2D eigenvalue weighted by Crippen LogP contribution is -2.71. The van der Waals surface area contributed by atoms with Crippen LogP contribution >= 0.6 is 0 Å². The molecule has 1 aromatic rings. The Morgan fingerprint density at radius 3 is 1.59 bits per heavy atom. The summed E-state index contributed by atoms with van der Waals surface area (Å²) in [6.07, 6.45) is -18.5. The van der Waals surface area contributed by atoms with Crippen molar-refractivity contribution in [3.8, 4) is 5.75 Å². The number of carbonyl (C=O) groups excluding carboxylic acids is 1. The van der Waals surface area contributed by atoms with Gasteiger partial charge in [-0.25, -0.2) is 4.79 Å². The van der Waals surface area contributed by atoms with Gasteiger partial charge in [0.1, 0.15) is 5.75 Å². The van der Waals surface area contributed by atoms with E-state index in [0.29, 0.717) is 6.08 Å². The molecule has 0 heterocycles. The number of halogens is 15. The fourth-order valence-corrected chi connectivity index (χ4v) is 2.37. The van der Waals surface area contributed by atoms with Crippen LogP contribution in [0.4, 0.5) is 65.9 Å². The molecule has 0 aliphatic heterocycles. The second-order valence-electron chi connectivity index (χ2n) is 7.16. The molecule has 0 amide bonds. The van der Waals surface area contributed by atoms with Crippen molar-refractivity contribution in [2.75, 3.05) is 7.11 Å². The number of esters is 1. The summed E-state index contributed by atoms with van der Waals surface area (Å²) in [5, 5.41) is 0. The zero-order valence-electron chi connectivity index (χ0n) is 17.8. The molecule has 0 aliphatic rings. The molecule has 1 aromatic carbocycles. The van der Waals surface area contributed by atoms with Crippen LogP contribution in [0.3, 0.4) is 0 Å². The van der Waals surface area contributed by atoms with Gasteiger partial charge in [-0.2, -0.15) is 65.9 Å². The van der Waals surface area contributed by atoms with Gasteiger partial charge in [0.15, 0.2) is 0 Å². The molecule has 0 unspecified atom stereocenters. The minimum atomic E-state index is -8.10. The molecule has 212 valence electrons. The Hall–Kier alpha value is -2.82. The summed E-state index contributed by atoms with van der Waals surface area (Å²) in [5.74, 6) is -40.8. The first kappa shape index (κ1) is 32.2. The molecule has 0 saturated heterocycles. The maximum Gasteiger partial charge on any atom is 0.473 e. The number of methoxy groups -OCH3 is 1. The first-order valence-electron chi connectivity index (χ1n) is 9.25. The molecule has 18 heteroatoms. The zero-order valence-corrected chi connectivity index (χ0v) is 17.8. The van der Waals surface area contributed by atoms with Crippen LogP contribution in [-0.4, -0.2) is 55.0 Å². The Labute approximate surface area is 196 Å². The van der Waals surface area contributed by atoms with Gasteiger partial charge in [0.25, 0.3) is 0 Å². The molecular weight excluding hydrogens is 561 g/mol. The monoisotopic (exact) mass is 574 g/mol. The Morgan fingerprint density at radius 2 is 1.16 bits per heavy atom. The second-order valence-corrected chi connectivity index (χ2v) is 7.16. The minimum absolute atomic E-state index is 0.0366. The fourth-order valence-electron chi connectivity index (χ4n) is 2.37. The van der Waals surface area contributed by atoms with Crippen LogP contribution in [0.5, 0.6) is 5.75 Å². The van der Waals surface area contributed by atoms with Gasteiger partial charge in [-0.05, 0) is 23.8 Å². The highest BCUT2D eigenvalue weighted by atomic mass is 19.4. The Balaban J connectivity index is 3.23. The van der Waals surface area contributed by atoms with E-state index in [2.05, 4.69) is 4.74 Å². The van der Waals surface area contributed by atoms with Crippen molar-refractivity contribution in [1.82, 2.24) is 0 Å². The SMILES string of the molecule is COc1ccc(C=CC(=O)OC(F)(F)C(F)(F)C(F)(F)C(F)(F)C(F)(F)C(F)(F)CCC(F)(F)F)cc1. The molecule has 37 heavy (non-hydrogen) atoms. The predicted octanol–water partition coefficient (Wildman–Crippen LogP) is 7.36. The standard InChI is InChI=1S/C19H13F15O3/c1-36-11-5-2-10(3-6-11)4-7-12(35)37-19(33,34)18(31,32)17(29,30)16(27,28)15(25,26)13(20,21)8-9-14(22,23)24/h2-7H,8-9H2,1H3. The predicted molar refractivity (Wildman–Crippen MR) is 93.1 cm³/mol. The molecule has 3 nitrogen and oxygen atoms in total. The minimum Gasteiger partial charge on any atom is -0.497 e. The van der Waals surface area contributed by atoms with Crippen LogP contribution in [0.25, 0.3) is 6.08 Å². The third kappa shape index (κ3) is 6.37. The quantitative estimate of drug-likeness (QED) is 0.157. The average molecular weight is 574 g/mol. The molecule has 1 rings (SSSR count). The number of hydrogen-bond donors (Lipinski definition) is 0. The summed E-state index contributed by atoms with van der Waals surface area (Å²) in [7, 11) is 1.24. The maximum absolute atomic E-state index is 13.7. The van der Waals surface area contributed by atoms with E-state index in [4.69, 9.17) is 4.74 Å². The first-order valence-corrected chi connectivity index (χ1v) is 9.25. The summed E-state index contributed by atoms with van der Waals surface area (Å²) < 4.78 is 207. The van der Waals surface area contributed by atoms with Crippen LogP contribution < -0.4 is 4.74 Å². The number of benzene rings is 1. The highest BCUT2D eigenvalue weighted by molar-refractivity contribution is 5.87. The summed E-state index contributed by atoms with van der Waals surface area (Å²) in [4.78, 5) is 11.4. The van der Waals surface area contributed by atoms with Crippen molar-refractivity contribution >= 4 is 12.0 Å². The molecule has 0 bridgehead atoms. The fraction of sp³-hybridized carbons (Fsp3) is 0.526. The normalized spacial score (nSPS) is 14.7. The van der Waals surface area contributed by atoms with E-state index < -0.39 is 60.7 Å². The van der Waals surface area contributed by atoms with Crippen LogP contribution in [0.15, 0.2) is 30.3 Å². The second kappa shape index (κ2) is 10.2.